The first kappa shape index (κ1) is 20.8. The van der Waals surface area contributed by atoms with Gasteiger partial charge >= 0.3 is 5.97 Å². The number of thioether (sulfide) groups is 1. The molecule has 0 radical (unpaired) electrons. The van der Waals surface area contributed by atoms with E-state index in [1.54, 1.807) is 6.92 Å². The lowest BCUT2D eigenvalue weighted by Crippen LogP contribution is -2.40. The molecule has 0 unspecified atom stereocenters. The minimum atomic E-state index is -0.303. The summed E-state index contributed by atoms with van der Waals surface area (Å²) in [4.78, 5) is 33.9. The van der Waals surface area contributed by atoms with Gasteiger partial charge in [-0.15, -0.1) is 5.10 Å². The summed E-state index contributed by atoms with van der Waals surface area (Å²) < 4.78 is 17.3. The fourth-order valence-corrected chi connectivity index (χ4v) is 3.59. The molecule has 2 fully saturated rings. The molecule has 0 atom stereocenters. The second-order valence-corrected chi connectivity index (χ2v) is 7.44. The lowest BCUT2D eigenvalue weighted by Gasteiger charge is -2.30. The number of hydrogen-bond acceptors (Lipinski definition) is 12. The third-order valence-electron chi connectivity index (χ3n) is 4.49. The van der Waals surface area contributed by atoms with Crippen LogP contribution in [0.5, 0.6) is 0 Å². The molecule has 4 heterocycles. The van der Waals surface area contributed by atoms with Crippen molar-refractivity contribution in [3.05, 3.63) is 6.33 Å². The summed E-state index contributed by atoms with van der Waals surface area (Å²) in [6.07, 6.45) is 1.54. The van der Waals surface area contributed by atoms with Crippen LogP contribution in [0.2, 0.25) is 0 Å². The van der Waals surface area contributed by atoms with Crippen LogP contribution in [0, 0.1) is 0 Å². The zero-order chi connectivity index (χ0) is 20.8. The van der Waals surface area contributed by atoms with E-state index in [0.29, 0.717) is 82.2 Å². The first-order chi connectivity index (χ1) is 14.7. The molecule has 162 valence electrons. The number of hydrogen-bond donors (Lipinski definition) is 0. The van der Waals surface area contributed by atoms with E-state index >= 15 is 0 Å². The van der Waals surface area contributed by atoms with Crippen molar-refractivity contribution >= 4 is 29.6 Å². The van der Waals surface area contributed by atoms with Gasteiger partial charge in [0.1, 0.15) is 6.33 Å². The Labute approximate surface area is 177 Å². The van der Waals surface area contributed by atoms with Gasteiger partial charge < -0.3 is 24.0 Å². The maximum atomic E-state index is 11.6. The molecule has 2 aromatic heterocycles. The van der Waals surface area contributed by atoms with E-state index in [1.165, 1.54) is 22.8 Å². The van der Waals surface area contributed by atoms with Crippen LogP contribution >= 0.6 is 11.8 Å². The smallest absolute Gasteiger partial charge is 0.316 e. The number of morpholine rings is 2. The maximum Gasteiger partial charge on any atom is 0.316 e. The van der Waals surface area contributed by atoms with E-state index in [0.717, 1.165) is 0 Å². The molecule has 0 amide bonds. The van der Waals surface area contributed by atoms with Gasteiger partial charge in [0.15, 0.2) is 0 Å². The molecule has 0 aliphatic carbocycles. The number of carbonyl (C=O) groups is 1. The molecule has 4 rings (SSSR count). The van der Waals surface area contributed by atoms with Gasteiger partial charge in [0.05, 0.1) is 38.8 Å². The summed E-state index contributed by atoms with van der Waals surface area (Å²) in [7, 11) is 0. The Morgan fingerprint density at radius 1 is 1.00 bits per heavy atom. The van der Waals surface area contributed by atoms with Crippen LogP contribution in [0.4, 0.5) is 11.9 Å². The van der Waals surface area contributed by atoms with Crippen molar-refractivity contribution in [1.29, 1.82) is 0 Å². The molecule has 2 saturated heterocycles. The molecule has 13 heteroatoms. The number of rotatable bonds is 7. The molecular weight excluding hydrogens is 412 g/mol. The minimum absolute atomic E-state index is 0.146. The van der Waals surface area contributed by atoms with Crippen LogP contribution in [-0.4, -0.2) is 101 Å². The van der Waals surface area contributed by atoms with E-state index < -0.39 is 0 Å². The zero-order valence-electron chi connectivity index (χ0n) is 16.8. The molecule has 12 nitrogen and oxygen atoms in total. The highest BCUT2D eigenvalue weighted by Crippen LogP contribution is 2.19. The SMILES string of the molecule is CCOC(=O)CSc1ncn(-c2nc(N3CCOCC3)nc(N3CCOCC3)n2)n1. The fraction of sp³-hybridized carbons (Fsp3) is 0.647. The molecule has 2 aliphatic heterocycles. The maximum absolute atomic E-state index is 11.6. The molecule has 30 heavy (non-hydrogen) atoms. The quantitative estimate of drug-likeness (QED) is 0.421. The summed E-state index contributed by atoms with van der Waals surface area (Å²) in [6, 6.07) is 0. The van der Waals surface area contributed by atoms with Gasteiger partial charge in [-0.3, -0.25) is 4.79 Å². The Kier molecular flexibility index (Phi) is 6.92. The summed E-state index contributed by atoms with van der Waals surface area (Å²) in [5.41, 5.74) is 0. The predicted molar refractivity (Wildman–Crippen MR) is 108 cm³/mol. The van der Waals surface area contributed by atoms with Crippen LogP contribution in [0.15, 0.2) is 11.5 Å². The summed E-state index contributed by atoms with van der Waals surface area (Å²) in [5, 5.41) is 4.86. The Hall–Kier alpha value is -2.51. The lowest BCUT2D eigenvalue weighted by molar-refractivity contribution is -0.139. The highest BCUT2D eigenvalue weighted by atomic mass is 32.2. The second-order valence-electron chi connectivity index (χ2n) is 6.50. The predicted octanol–water partition coefficient (Wildman–Crippen LogP) is -0.219. The number of nitrogens with zero attached hydrogens (tertiary/aromatic N) is 8. The zero-order valence-corrected chi connectivity index (χ0v) is 17.6. The first-order valence-corrected chi connectivity index (χ1v) is 10.8. The van der Waals surface area contributed by atoms with Crippen LogP contribution in [0.3, 0.4) is 0 Å². The van der Waals surface area contributed by atoms with E-state index in [4.69, 9.17) is 14.2 Å². The topological polar surface area (TPSA) is 121 Å². The van der Waals surface area contributed by atoms with Crippen LogP contribution in [0.25, 0.3) is 5.95 Å². The van der Waals surface area contributed by atoms with Gasteiger partial charge in [-0.2, -0.15) is 19.6 Å². The third-order valence-corrected chi connectivity index (χ3v) is 5.31. The lowest BCUT2D eigenvalue weighted by atomic mass is 10.4. The Morgan fingerprint density at radius 3 is 2.13 bits per heavy atom. The van der Waals surface area contributed by atoms with Crippen molar-refractivity contribution in [2.24, 2.45) is 0 Å². The molecular formula is C17H24N8O4S. The third kappa shape index (κ3) is 5.15. The Morgan fingerprint density at radius 2 is 1.57 bits per heavy atom. The molecule has 0 saturated carbocycles. The van der Waals surface area contributed by atoms with Crippen LogP contribution < -0.4 is 9.80 Å². The number of carbonyl (C=O) groups excluding carboxylic acids is 1. The number of anilines is 2. The molecule has 0 N–H and O–H groups in total. The van der Waals surface area contributed by atoms with E-state index in [2.05, 4.69) is 34.8 Å². The van der Waals surface area contributed by atoms with Crippen LogP contribution in [-0.2, 0) is 19.0 Å². The molecule has 2 aromatic rings. The largest absolute Gasteiger partial charge is 0.465 e. The van der Waals surface area contributed by atoms with Crippen LogP contribution in [0.1, 0.15) is 6.92 Å². The molecule has 2 aliphatic rings. The van der Waals surface area contributed by atoms with Gasteiger partial charge in [-0.1, -0.05) is 11.8 Å². The average molecular weight is 436 g/mol. The van der Waals surface area contributed by atoms with Crippen molar-refractivity contribution in [3.8, 4) is 5.95 Å². The van der Waals surface area contributed by atoms with Gasteiger partial charge in [-0.25, -0.2) is 4.98 Å². The normalized spacial score (nSPS) is 17.2. The molecule has 0 bridgehead atoms. The molecule has 0 aromatic carbocycles. The first-order valence-electron chi connectivity index (χ1n) is 9.85. The summed E-state index contributed by atoms with van der Waals surface area (Å²) in [5.74, 6) is 1.39. The number of ether oxygens (including phenoxy) is 3. The Bertz CT molecular complexity index is 818. The summed E-state index contributed by atoms with van der Waals surface area (Å²) >= 11 is 1.21. The van der Waals surface area contributed by atoms with Crippen molar-refractivity contribution < 1.29 is 19.0 Å². The van der Waals surface area contributed by atoms with Crippen molar-refractivity contribution in [1.82, 2.24) is 29.7 Å². The highest BCUT2D eigenvalue weighted by Gasteiger charge is 2.22. The fourth-order valence-electron chi connectivity index (χ4n) is 2.99. The minimum Gasteiger partial charge on any atom is -0.465 e. The van der Waals surface area contributed by atoms with Crippen molar-refractivity contribution in [3.63, 3.8) is 0 Å². The number of aromatic nitrogens is 6. The van der Waals surface area contributed by atoms with E-state index in [1.807, 2.05) is 0 Å². The van der Waals surface area contributed by atoms with Crippen molar-refractivity contribution in [2.45, 2.75) is 12.1 Å². The summed E-state index contributed by atoms with van der Waals surface area (Å²) in [6.45, 7) is 7.49. The Balaban J connectivity index is 1.57. The van der Waals surface area contributed by atoms with E-state index in [-0.39, 0.29) is 11.7 Å². The van der Waals surface area contributed by atoms with Gasteiger partial charge in [0.2, 0.25) is 17.1 Å². The molecule has 0 spiro atoms. The standard InChI is InChI=1S/C17H24N8O4S/c1-2-29-13(26)11-30-17-18-12-25(22-17)16-20-14(23-3-7-27-8-4-23)19-15(21-16)24-5-9-28-10-6-24/h12H,2-11H2,1H3. The van der Waals surface area contributed by atoms with Gasteiger partial charge in [0, 0.05) is 26.2 Å². The highest BCUT2D eigenvalue weighted by molar-refractivity contribution is 7.99. The van der Waals surface area contributed by atoms with E-state index in [9.17, 15) is 4.79 Å². The monoisotopic (exact) mass is 436 g/mol. The van der Waals surface area contributed by atoms with Gasteiger partial charge in [-0.05, 0) is 6.92 Å². The number of esters is 1. The van der Waals surface area contributed by atoms with Gasteiger partial charge in [0.25, 0.3) is 5.95 Å². The second kappa shape index (κ2) is 10.00. The van der Waals surface area contributed by atoms with Crippen molar-refractivity contribution in [2.75, 3.05) is 74.8 Å². The average Bonchev–Trinajstić information content (AvgIpc) is 3.28.